The molecule has 0 fully saturated rings. The number of hydrogen-bond acceptors (Lipinski definition) is 5. The van der Waals surface area contributed by atoms with Crippen LogP contribution >= 0.6 is 0 Å². The number of nitrogens with two attached hydrogens (primary N) is 1. The van der Waals surface area contributed by atoms with E-state index in [-0.39, 0.29) is 34.4 Å². The van der Waals surface area contributed by atoms with Crippen molar-refractivity contribution in [2.75, 3.05) is 11.3 Å². The lowest BCUT2D eigenvalue weighted by Crippen LogP contribution is -2.31. The molecule has 0 heterocycles. The fourth-order valence-corrected chi connectivity index (χ4v) is 5.00. The van der Waals surface area contributed by atoms with E-state index in [4.69, 9.17) is 5.73 Å². The van der Waals surface area contributed by atoms with Crippen LogP contribution in [0, 0.1) is 0 Å². The number of sulfonamides is 1. The third kappa shape index (κ3) is 6.45. The predicted octanol–water partition coefficient (Wildman–Crippen LogP) is 3.72. The second-order valence-electron chi connectivity index (χ2n) is 8.35. The van der Waals surface area contributed by atoms with Gasteiger partial charge in [0.1, 0.15) is 0 Å². The van der Waals surface area contributed by atoms with Gasteiger partial charge < -0.3 is 11.1 Å². The average Bonchev–Trinajstić information content (AvgIpc) is 2.82. The SMILES string of the molecule is CCCCC(C(=O)CNC(C)=O)c1cc(NS(=O)(=O)c2ccc3ccccc3c2)ccc1C(N)=O. The summed E-state index contributed by atoms with van der Waals surface area (Å²) in [6.07, 6.45) is 1.93. The second kappa shape index (κ2) is 11.1. The van der Waals surface area contributed by atoms with Crippen molar-refractivity contribution >= 4 is 44.1 Å². The number of carbonyl (C=O) groups is 3. The summed E-state index contributed by atoms with van der Waals surface area (Å²) >= 11 is 0. The standard InChI is InChI=1S/C26H29N3O5S/c1-3-4-9-22(25(31)16-28-17(2)30)24-15-20(11-13-23(24)26(27)32)29-35(33,34)21-12-10-18-7-5-6-8-19(18)14-21/h5-8,10-15,22,29H,3-4,9,16H2,1-2H3,(H2,27,32)(H,28,30). The van der Waals surface area contributed by atoms with Gasteiger partial charge in [0.2, 0.25) is 11.8 Å². The number of primary amides is 1. The lowest BCUT2D eigenvalue weighted by Gasteiger charge is -2.20. The Hall–Kier alpha value is -3.72. The minimum Gasteiger partial charge on any atom is -0.366 e. The molecule has 184 valence electrons. The fourth-order valence-electron chi connectivity index (χ4n) is 3.92. The molecule has 0 radical (unpaired) electrons. The van der Waals surface area contributed by atoms with Gasteiger partial charge in [-0.3, -0.25) is 19.1 Å². The van der Waals surface area contributed by atoms with E-state index in [2.05, 4.69) is 10.0 Å². The molecule has 0 spiro atoms. The van der Waals surface area contributed by atoms with Gasteiger partial charge in [-0.1, -0.05) is 50.1 Å². The minimum absolute atomic E-state index is 0.0843. The first kappa shape index (κ1) is 25.9. The van der Waals surface area contributed by atoms with Crippen LogP contribution in [-0.4, -0.2) is 32.6 Å². The number of fused-ring (bicyclic) bond motifs is 1. The molecule has 3 aromatic rings. The Bertz CT molecular complexity index is 1370. The zero-order valence-corrected chi connectivity index (χ0v) is 20.5. The van der Waals surface area contributed by atoms with Crippen LogP contribution < -0.4 is 15.8 Å². The number of rotatable bonds is 11. The second-order valence-corrected chi connectivity index (χ2v) is 10.0. The molecule has 0 aliphatic carbocycles. The van der Waals surface area contributed by atoms with Gasteiger partial charge in [0.05, 0.1) is 11.4 Å². The topological polar surface area (TPSA) is 135 Å². The molecule has 0 bridgehead atoms. The van der Waals surface area contributed by atoms with E-state index in [1.807, 2.05) is 31.2 Å². The van der Waals surface area contributed by atoms with E-state index in [9.17, 15) is 22.8 Å². The number of carbonyl (C=O) groups excluding carboxylic acids is 3. The Kier molecular flexibility index (Phi) is 8.24. The first-order valence-electron chi connectivity index (χ1n) is 11.3. The molecule has 35 heavy (non-hydrogen) atoms. The molecule has 8 nitrogen and oxygen atoms in total. The smallest absolute Gasteiger partial charge is 0.261 e. The molecule has 0 saturated carbocycles. The molecular weight excluding hydrogens is 466 g/mol. The van der Waals surface area contributed by atoms with E-state index in [0.717, 1.165) is 17.2 Å². The molecule has 3 aromatic carbocycles. The summed E-state index contributed by atoms with van der Waals surface area (Å²) < 4.78 is 28.8. The van der Waals surface area contributed by atoms with E-state index in [1.165, 1.54) is 31.2 Å². The summed E-state index contributed by atoms with van der Waals surface area (Å²) in [6.45, 7) is 3.08. The van der Waals surface area contributed by atoms with Crippen LogP contribution in [0.15, 0.2) is 65.6 Å². The summed E-state index contributed by atoms with van der Waals surface area (Å²) in [7, 11) is -3.95. The number of benzene rings is 3. The third-order valence-corrected chi connectivity index (χ3v) is 7.10. The molecular formula is C26H29N3O5S. The molecule has 0 aromatic heterocycles. The van der Waals surface area contributed by atoms with Gasteiger partial charge in [-0.05, 0) is 53.1 Å². The van der Waals surface area contributed by atoms with Gasteiger partial charge in [-0.25, -0.2) is 8.42 Å². The van der Waals surface area contributed by atoms with Crippen molar-refractivity contribution in [3.05, 3.63) is 71.8 Å². The van der Waals surface area contributed by atoms with Gasteiger partial charge in [0.15, 0.2) is 5.78 Å². The predicted molar refractivity (Wildman–Crippen MR) is 136 cm³/mol. The zero-order chi connectivity index (χ0) is 25.6. The molecule has 9 heteroatoms. The lowest BCUT2D eigenvalue weighted by atomic mass is 9.86. The number of ketones is 1. The molecule has 0 aliphatic heterocycles. The summed E-state index contributed by atoms with van der Waals surface area (Å²) in [5.41, 5.74) is 6.24. The van der Waals surface area contributed by atoms with Gasteiger partial charge in [0, 0.05) is 24.1 Å². The van der Waals surface area contributed by atoms with Crippen LogP contribution in [0.1, 0.15) is 54.9 Å². The fraction of sp³-hybridized carbons (Fsp3) is 0.269. The van der Waals surface area contributed by atoms with Crippen LogP contribution in [0.2, 0.25) is 0 Å². The van der Waals surface area contributed by atoms with E-state index in [0.29, 0.717) is 18.4 Å². The Balaban J connectivity index is 1.99. The molecule has 0 aliphatic rings. The monoisotopic (exact) mass is 495 g/mol. The van der Waals surface area contributed by atoms with Crippen LogP contribution in [0.3, 0.4) is 0 Å². The summed E-state index contributed by atoms with van der Waals surface area (Å²) in [4.78, 5) is 36.5. The average molecular weight is 496 g/mol. The molecule has 3 rings (SSSR count). The van der Waals surface area contributed by atoms with Gasteiger partial charge >= 0.3 is 0 Å². The molecule has 1 unspecified atom stereocenters. The summed E-state index contributed by atoms with van der Waals surface area (Å²) in [5.74, 6) is -2.09. The number of nitrogens with one attached hydrogen (secondary N) is 2. The quantitative estimate of drug-likeness (QED) is 0.373. The van der Waals surface area contributed by atoms with Crippen LogP contribution in [0.5, 0.6) is 0 Å². The van der Waals surface area contributed by atoms with Crippen molar-refractivity contribution in [2.45, 2.75) is 43.9 Å². The van der Waals surface area contributed by atoms with Gasteiger partial charge in [-0.15, -0.1) is 0 Å². The van der Waals surface area contributed by atoms with Crippen molar-refractivity contribution in [3.63, 3.8) is 0 Å². The van der Waals surface area contributed by atoms with Crippen molar-refractivity contribution < 1.29 is 22.8 Å². The molecule has 4 N–H and O–H groups in total. The highest BCUT2D eigenvalue weighted by molar-refractivity contribution is 7.92. The van der Waals surface area contributed by atoms with Crippen molar-refractivity contribution in [1.82, 2.24) is 5.32 Å². The van der Waals surface area contributed by atoms with Crippen molar-refractivity contribution in [1.29, 1.82) is 0 Å². The normalized spacial score (nSPS) is 12.2. The maximum Gasteiger partial charge on any atom is 0.261 e. The molecule has 0 saturated heterocycles. The van der Waals surface area contributed by atoms with Crippen LogP contribution in [-0.2, 0) is 19.6 Å². The van der Waals surface area contributed by atoms with Gasteiger partial charge in [-0.2, -0.15) is 0 Å². The molecule has 1 atom stereocenters. The Morgan fingerprint density at radius 1 is 0.971 bits per heavy atom. The maximum absolute atomic E-state index is 13.1. The van der Waals surface area contributed by atoms with E-state index >= 15 is 0 Å². The van der Waals surface area contributed by atoms with E-state index in [1.54, 1.807) is 12.1 Å². The van der Waals surface area contributed by atoms with Crippen molar-refractivity contribution in [3.8, 4) is 0 Å². The highest BCUT2D eigenvalue weighted by Gasteiger charge is 2.26. The van der Waals surface area contributed by atoms with Crippen LogP contribution in [0.4, 0.5) is 5.69 Å². The number of hydrogen-bond donors (Lipinski definition) is 3. The number of unbranched alkanes of at least 4 members (excludes halogenated alkanes) is 1. The Morgan fingerprint density at radius 2 is 1.69 bits per heavy atom. The number of amides is 2. The minimum atomic E-state index is -3.95. The number of anilines is 1. The highest BCUT2D eigenvalue weighted by atomic mass is 32.2. The van der Waals surface area contributed by atoms with E-state index < -0.39 is 21.8 Å². The third-order valence-electron chi connectivity index (χ3n) is 5.72. The lowest BCUT2D eigenvalue weighted by molar-refractivity contribution is -0.124. The van der Waals surface area contributed by atoms with Crippen LogP contribution in [0.25, 0.3) is 10.8 Å². The van der Waals surface area contributed by atoms with Crippen molar-refractivity contribution in [2.24, 2.45) is 5.73 Å². The highest BCUT2D eigenvalue weighted by Crippen LogP contribution is 2.30. The number of Topliss-reactive ketones (excluding diaryl/α,β-unsaturated/α-hetero) is 1. The Labute approximate surface area is 205 Å². The first-order valence-corrected chi connectivity index (χ1v) is 12.8. The Morgan fingerprint density at radius 3 is 2.34 bits per heavy atom. The summed E-state index contributed by atoms with van der Waals surface area (Å²) in [5, 5.41) is 4.19. The van der Waals surface area contributed by atoms with Gasteiger partial charge in [0.25, 0.3) is 10.0 Å². The maximum atomic E-state index is 13.1. The molecule has 2 amide bonds. The zero-order valence-electron chi connectivity index (χ0n) is 19.7. The largest absolute Gasteiger partial charge is 0.366 e. The summed E-state index contributed by atoms with van der Waals surface area (Å²) in [6, 6.07) is 16.6. The first-order chi connectivity index (χ1) is 16.6.